The van der Waals surface area contributed by atoms with Gasteiger partial charge < -0.3 is 20.1 Å². The Balaban J connectivity index is 0.000000860. The van der Waals surface area contributed by atoms with Gasteiger partial charge in [0, 0.05) is 6.20 Å². The Bertz CT molecular complexity index is 1520. The van der Waals surface area contributed by atoms with Gasteiger partial charge in [-0.1, -0.05) is 44.2 Å². The molecule has 12 nitrogen and oxygen atoms in total. The number of alkyl halides is 6. The number of amides is 2. The molecule has 1 atom stereocenters. The highest BCUT2D eigenvalue weighted by Gasteiger charge is 2.45. The number of rotatable bonds is 8. The Kier molecular flexibility index (Phi) is 11.4. The number of benzene rings is 1. The molecule has 2 heterocycles. The van der Waals surface area contributed by atoms with E-state index in [0.29, 0.717) is 5.56 Å². The van der Waals surface area contributed by atoms with Crippen LogP contribution in [-0.4, -0.2) is 68.9 Å². The molecule has 1 unspecified atom stereocenters. The Morgan fingerprint density at radius 1 is 1.02 bits per heavy atom. The lowest BCUT2D eigenvalue weighted by Crippen LogP contribution is -2.51. The number of methoxy groups -OCH3 is 1. The Morgan fingerprint density at radius 3 is 2.07 bits per heavy atom. The van der Waals surface area contributed by atoms with E-state index in [-0.39, 0.29) is 17.2 Å². The third-order valence-electron chi connectivity index (χ3n) is 5.62. The van der Waals surface area contributed by atoms with E-state index < -0.39 is 60.2 Å². The van der Waals surface area contributed by atoms with Gasteiger partial charge in [-0.05, 0) is 23.6 Å². The molecule has 3 aromatic rings. The molecule has 0 bridgehead atoms. The van der Waals surface area contributed by atoms with E-state index in [9.17, 15) is 45.5 Å². The molecule has 2 aromatic heterocycles. The van der Waals surface area contributed by atoms with Crippen LogP contribution < -0.4 is 15.8 Å². The number of hydrogen-bond acceptors (Lipinski definition) is 7. The second-order valence-corrected chi connectivity index (χ2v) is 9.05. The molecule has 0 aliphatic rings. The normalized spacial score (nSPS) is 12.0. The number of aromatic amines is 1. The average Bonchev–Trinajstić information content (AvgIpc) is 3.47. The van der Waals surface area contributed by atoms with E-state index in [1.54, 1.807) is 30.3 Å². The maximum Gasteiger partial charge on any atom is 0.490 e. The second kappa shape index (κ2) is 14.3. The van der Waals surface area contributed by atoms with Gasteiger partial charge in [-0.15, -0.1) is 0 Å². The average molecular weight is 634 g/mol. The standard InChI is InChI=1S/C24H24F3N5O5.C2HF3O2/c1-14(2)20(21(34)24(25,26)27)30-19(33)12-31-16(15-7-5-4-6-8-15)9-10-17(22(31)35)32(23(36)37-3)18-11-28-13-29-18;3-2(4,5)1(6)7/h4-11,13-14,20H,12H2,1-3H3,(H,28,29)(H,30,33);(H,6,7). The Morgan fingerprint density at radius 2 is 1.61 bits per heavy atom. The van der Waals surface area contributed by atoms with Gasteiger partial charge in [-0.2, -0.15) is 26.3 Å². The van der Waals surface area contributed by atoms with Crippen LogP contribution >= 0.6 is 0 Å². The van der Waals surface area contributed by atoms with E-state index in [4.69, 9.17) is 14.6 Å². The Labute approximate surface area is 244 Å². The number of imidazole rings is 1. The van der Waals surface area contributed by atoms with Crippen molar-refractivity contribution in [2.45, 2.75) is 38.8 Å². The molecule has 0 saturated carbocycles. The van der Waals surface area contributed by atoms with Crippen LogP contribution in [0.15, 0.2) is 59.8 Å². The molecule has 3 N–H and O–H groups in total. The largest absolute Gasteiger partial charge is 0.490 e. The van der Waals surface area contributed by atoms with Gasteiger partial charge in [0.1, 0.15) is 12.2 Å². The van der Waals surface area contributed by atoms with Gasteiger partial charge in [0.25, 0.3) is 11.3 Å². The minimum Gasteiger partial charge on any atom is -0.475 e. The number of carbonyl (C=O) groups is 4. The van der Waals surface area contributed by atoms with Gasteiger partial charge in [0.15, 0.2) is 5.82 Å². The molecular formula is C26H25F6N5O7. The predicted octanol–water partition coefficient (Wildman–Crippen LogP) is 4.05. The van der Waals surface area contributed by atoms with E-state index in [0.717, 1.165) is 16.6 Å². The number of Topliss-reactive ketones (excluding diaryl/α,β-unsaturated/α-hetero) is 1. The van der Waals surface area contributed by atoms with Gasteiger partial charge in [-0.25, -0.2) is 19.5 Å². The second-order valence-electron chi connectivity index (χ2n) is 9.05. The maximum atomic E-state index is 13.6. The summed E-state index contributed by atoms with van der Waals surface area (Å²) in [6, 6.07) is 9.43. The number of H-pyrrole nitrogens is 1. The number of nitrogens with zero attached hydrogens (tertiary/aromatic N) is 3. The summed E-state index contributed by atoms with van der Waals surface area (Å²) in [5.41, 5.74) is -0.277. The number of carboxylic acids is 1. The van der Waals surface area contributed by atoms with Crippen molar-refractivity contribution in [3.63, 3.8) is 0 Å². The minimum atomic E-state index is -5.15. The number of hydrogen-bond donors (Lipinski definition) is 3. The smallest absolute Gasteiger partial charge is 0.475 e. The number of anilines is 2. The number of pyridine rings is 1. The Hall–Kier alpha value is -5.16. The summed E-state index contributed by atoms with van der Waals surface area (Å²) >= 11 is 0. The van der Waals surface area contributed by atoms with Gasteiger partial charge >= 0.3 is 24.4 Å². The van der Waals surface area contributed by atoms with Crippen molar-refractivity contribution in [2.24, 2.45) is 5.92 Å². The van der Waals surface area contributed by atoms with Crippen LogP contribution in [0.4, 0.5) is 42.6 Å². The maximum absolute atomic E-state index is 13.6. The summed E-state index contributed by atoms with van der Waals surface area (Å²) in [5.74, 6) is -6.70. The van der Waals surface area contributed by atoms with Crippen LogP contribution in [0.3, 0.4) is 0 Å². The van der Waals surface area contributed by atoms with Gasteiger partial charge in [-0.3, -0.25) is 19.0 Å². The third-order valence-corrected chi connectivity index (χ3v) is 5.62. The summed E-state index contributed by atoms with van der Waals surface area (Å²) in [7, 11) is 1.11. The quantitative estimate of drug-likeness (QED) is 0.313. The van der Waals surface area contributed by atoms with Crippen molar-refractivity contribution in [3.8, 4) is 11.3 Å². The first-order valence-electron chi connectivity index (χ1n) is 12.3. The van der Waals surface area contributed by atoms with Crippen molar-refractivity contribution >= 4 is 35.3 Å². The molecule has 238 valence electrons. The molecule has 44 heavy (non-hydrogen) atoms. The number of ketones is 1. The summed E-state index contributed by atoms with van der Waals surface area (Å²) in [5, 5.41) is 9.22. The molecule has 0 saturated heterocycles. The molecule has 0 spiro atoms. The van der Waals surface area contributed by atoms with E-state index in [1.807, 2.05) is 0 Å². The van der Waals surface area contributed by atoms with Crippen LogP contribution in [0.25, 0.3) is 11.3 Å². The first-order valence-corrected chi connectivity index (χ1v) is 12.3. The number of aliphatic carboxylic acids is 1. The highest BCUT2D eigenvalue weighted by atomic mass is 19.4. The van der Waals surface area contributed by atoms with Crippen LogP contribution in [0, 0.1) is 5.92 Å². The van der Waals surface area contributed by atoms with Crippen molar-refractivity contribution < 1.29 is 55.4 Å². The lowest BCUT2D eigenvalue weighted by Gasteiger charge is -2.24. The number of carboxylic acid groups (broad SMARTS) is 1. The van der Waals surface area contributed by atoms with Crippen molar-refractivity contribution in [3.05, 3.63) is 65.3 Å². The van der Waals surface area contributed by atoms with Crippen molar-refractivity contribution in [1.82, 2.24) is 19.9 Å². The molecule has 0 radical (unpaired) electrons. The highest BCUT2D eigenvalue weighted by Crippen LogP contribution is 2.25. The molecule has 18 heteroatoms. The zero-order valence-corrected chi connectivity index (χ0v) is 23.1. The zero-order valence-electron chi connectivity index (χ0n) is 23.1. The molecule has 1 aromatic carbocycles. The first-order chi connectivity index (χ1) is 20.4. The summed E-state index contributed by atoms with van der Waals surface area (Å²) in [6.07, 6.45) is -8.56. The van der Waals surface area contributed by atoms with Crippen molar-refractivity contribution in [1.29, 1.82) is 0 Å². The summed E-state index contributed by atoms with van der Waals surface area (Å²) < 4.78 is 76.7. The van der Waals surface area contributed by atoms with Crippen LogP contribution in [-0.2, 0) is 25.7 Å². The van der Waals surface area contributed by atoms with Crippen LogP contribution in [0.5, 0.6) is 0 Å². The SMILES string of the molecule is COC(=O)N(c1c[nH]cn1)c1ccc(-c2ccccc2)n(CC(=O)NC(C(=O)C(F)(F)F)C(C)C)c1=O.O=C(O)C(F)(F)F. The molecule has 0 aliphatic carbocycles. The first kappa shape index (κ1) is 35.0. The monoisotopic (exact) mass is 633 g/mol. The molecular weight excluding hydrogens is 608 g/mol. The van der Waals surface area contributed by atoms with E-state index in [1.165, 1.54) is 38.5 Å². The van der Waals surface area contributed by atoms with Crippen molar-refractivity contribution in [2.75, 3.05) is 12.0 Å². The van der Waals surface area contributed by atoms with E-state index in [2.05, 4.69) is 15.3 Å². The molecule has 0 fully saturated rings. The minimum absolute atomic E-state index is 0.0306. The fourth-order valence-corrected chi connectivity index (χ4v) is 3.61. The zero-order chi connectivity index (χ0) is 33.4. The molecule has 3 rings (SSSR count). The number of carbonyl (C=O) groups excluding carboxylic acids is 3. The fraction of sp³-hybridized carbons (Fsp3) is 0.308. The van der Waals surface area contributed by atoms with Crippen LogP contribution in [0.2, 0.25) is 0 Å². The number of nitrogens with one attached hydrogen (secondary N) is 2. The predicted molar refractivity (Wildman–Crippen MR) is 141 cm³/mol. The molecule has 2 amide bonds. The number of halogens is 6. The highest BCUT2D eigenvalue weighted by molar-refractivity contribution is 5.95. The number of ether oxygens (including phenoxy) is 1. The summed E-state index contributed by atoms with van der Waals surface area (Å²) in [4.78, 5) is 67.3. The fourth-order valence-electron chi connectivity index (χ4n) is 3.61. The van der Waals surface area contributed by atoms with Crippen LogP contribution in [0.1, 0.15) is 13.8 Å². The summed E-state index contributed by atoms with van der Waals surface area (Å²) in [6.45, 7) is 1.98. The topological polar surface area (TPSA) is 164 Å². The van der Waals surface area contributed by atoms with E-state index >= 15 is 0 Å². The van der Waals surface area contributed by atoms with Gasteiger partial charge in [0.05, 0.1) is 25.2 Å². The van der Waals surface area contributed by atoms with Gasteiger partial charge in [0.2, 0.25) is 5.91 Å². The molecule has 0 aliphatic heterocycles. The lowest BCUT2D eigenvalue weighted by molar-refractivity contribution is -0.192. The third kappa shape index (κ3) is 8.92. The number of aromatic nitrogens is 3. The lowest BCUT2D eigenvalue weighted by atomic mass is 9.99.